The van der Waals surface area contributed by atoms with E-state index >= 15 is 0 Å². The van der Waals surface area contributed by atoms with Crippen molar-refractivity contribution in [2.24, 2.45) is 0 Å². The van der Waals surface area contributed by atoms with Crippen LogP contribution in [0, 0.1) is 5.82 Å². The van der Waals surface area contributed by atoms with Crippen LogP contribution in [0.4, 0.5) is 14.9 Å². The van der Waals surface area contributed by atoms with Crippen molar-refractivity contribution in [2.75, 3.05) is 5.32 Å². The minimum atomic E-state index is -0.541. The zero-order chi connectivity index (χ0) is 16.8. The normalized spacial score (nSPS) is 12.0. The Balaban J connectivity index is 1.99. The Bertz CT molecular complexity index is 647. The number of carbonyl (C=O) groups excluding carboxylic acids is 1. The highest BCUT2D eigenvalue weighted by Gasteiger charge is 2.16. The first-order valence-corrected chi connectivity index (χ1v) is 8.30. The van der Waals surface area contributed by atoms with E-state index in [1.807, 2.05) is 26.2 Å². The molecule has 0 bridgehead atoms. The molecule has 2 aromatic rings. The molecular formula is C16H20FN3O2S. The fraction of sp³-hybridized carbons (Fsp3) is 0.375. The number of nitrogens with one attached hydrogen (secondary N) is 2. The van der Waals surface area contributed by atoms with Gasteiger partial charge in [0, 0.05) is 17.6 Å². The van der Waals surface area contributed by atoms with Crippen LogP contribution in [0.2, 0.25) is 0 Å². The van der Waals surface area contributed by atoms with Crippen molar-refractivity contribution in [3.05, 3.63) is 40.6 Å². The Kier molecular flexibility index (Phi) is 5.92. The number of amides is 2. The number of benzene rings is 1. The van der Waals surface area contributed by atoms with E-state index in [1.54, 1.807) is 12.3 Å². The third kappa shape index (κ3) is 4.92. The van der Waals surface area contributed by atoms with Gasteiger partial charge in [-0.05, 0) is 32.4 Å². The van der Waals surface area contributed by atoms with E-state index in [0.29, 0.717) is 12.2 Å². The largest absolute Gasteiger partial charge is 0.491 e. The first-order valence-electron chi connectivity index (χ1n) is 7.42. The van der Waals surface area contributed by atoms with Crippen LogP contribution in [0.3, 0.4) is 0 Å². The van der Waals surface area contributed by atoms with Crippen molar-refractivity contribution in [1.29, 1.82) is 0 Å². The molecule has 0 unspecified atom stereocenters. The van der Waals surface area contributed by atoms with Gasteiger partial charge in [-0.25, -0.2) is 14.2 Å². The van der Waals surface area contributed by atoms with Crippen molar-refractivity contribution < 1.29 is 13.9 Å². The average molecular weight is 337 g/mol. The third-order valence-corrected chi connectivity index (χ3v) is 3.91. The lowest BCUT2D eigenvalue weighted by atomic mass is 10.2. The van der Waals surface area contributed by atoms with Crippen LogP contribution in [-0.4, -0.2) is 17.1 Å². The second-order valence-corrected chi connectivity index (χ2v) is 6.16. The monoisotopic (exact) mass is 337 g/mol. The third-order valence-electron chi connectivity index (χ3n) is 3.02. The SMILES string of the molecule is CC[C@@H](NC(=O)Nc1ccc(OC(C)C)cc1F)c1nccs1. The van der Waals surface area contributed by atoms with Gasteiger partial charge in [0.25, 0.3) is 0 Å². The van der Waals surface area contributed by atoms with Gasteiger partial charge < -0.3 is 15.4 Å². The van der Waals surface area contributed by atoms with Crippen LogP contribution in [0.1, 0.15) is 38.2 Å². The van der Waals surface area contributed by atoms with E-state index in [9.17, 15) is 9.18 Å². The van der Waals surface area contributed by atoms with Gasteiger partial charge in [-0.3, -0.25) is 0 Å². The van der Waals surface area contributed by atoms with Gasteiger partial charge in [-0.2, -0.15) is 0 Å². The Labute approximate surface area is 138 Å². The van der Waals surface area contributed by atoms with Gasteiger partial charge in [0.05, 0.1) is 17.8 Å². The molecule has 23 heavy (non-hydrogen) atoms. The fourth-order valence-electron chi connectivity index (χ4n) is 2.00. The number of anilines is 1. The van der Waals surface area contributed by atoms with Crippen LogP contribution in [0.5, 0.6) is 5.75 Å². The number of thiazole rings is 1. The molecule has 0 aliphatic heterocycles. The highest BCUT2D eigenvalue weighted by molar-refractivity contribution is 7.09. The summed E-state index contributed by atoms with van der Waals surface area (Å²) in [5.74, 6) is -0.113. The summed E-state index contributed by atoms with van der Waals surface area (Å²) in [5.41, 5.74) is 0.104. The van der Waals surface area contributed by atoms with Crippen molar-refractivity contribution >= 4 is 23.1 Å². The molecule has 0 fully saturated rings. The Morgan fingerprint density at radius 1 is 1.43 bits per heavy atom. The Morgan fingerprint density at radius 2 is 2.22 bits per heavy atom. The number of aromatic nitrogens is 1. The first-order chi connectivity index (χ1) is 11.0. The van der Waals surface area contributed by atoms with E-state index in [1.165, 1.54) is 23.5 Å². The number of ether oxygens (including phenoxy) is 1. The molecule has 1 atom stereocenters. The predicted octanol–water partition coefficient (Wildman–Crippen LogP) is 4.34. The lowest BCUT2D eigenvalue weighted by Crippen LogP contribution is -2.32. The molecule has 1 heterocycles. The lowest BCUT2D eigenvalue weighted by Gasteiger charge is -2.16. The average Bonchev–Trinajstić information content (AvgIpc) is 3.01. The molecule has 1 aromatic heterocycles. The zero-order valence-electron chi connectivity index (χ0n) is 13.3. The summed E-state index contributed by atoms with van der Waals surface area (Å²) in [6.45, 7) is 5.67. The second kappa shape index (κ2) is 7.92. The summed E-state index contributed by atoms with van der Waals surface area (Å²) in [5, 5.41) is 7.98. The molecule has 7 heteroatoms. The lowest BCUT2D eigenvalue weighted by molar-refractivity contribution is 0.241. The highest BCUT2D eigenvalue weighted by Crippen LogP contribution is 2.22. The van der Waals surface area contributed by atoms with E-state index in [-0.39, 0.29) is 17.8 Å². The molecule has 0 radical (unpaired) electrons. The van der Waals surface area contributed by atoms with Crippen molar-refractivity contribution in [3.63, 3.8) is 0 Å². The van der Waals surface area contributed by atoms with Gasteiger partial charge >= 0.3 is 6.03 Å². The summed E-state index contributed by atoms with van der Waals surface area (Å²) < 4.78 is 19.4. The number of carbonyl (C=O) groups is 1. The smallest absolute Gasteiger partial charge is 0.319 e. The van der Waals surface area contributed by atoms with Crippen LogP contribution in [0.15, 0.2) is 29.8 Å². The van der Waals surface area contributed by atoms with Crippen LogP contribution < -0.4 is 15.4 Å². The first kappa shape index (κ1) is 17.2. The van der Waals surface area contributed by atoms with E-state index in [2.05, 4.69) is 15.6 Å². The molecule has 0 spiro atoms. The Morgan fingerprint density at radius 3 is 2.78 bits per heavy atom. The van der Waals surface area contributed by atoms with Crippen molar-refractivity contribution in [3.8, 4) is 5.75 Å². The summed E-state index contributed by atoms with van der Waals surface area (Å²) in [6, 6.07) is 3.70. The fourth-order valence-corrected chi connectivity index (χ4v) is 2.78. The van der Waals surface area contributed by atoms with Gasteiger partial charge in [0.2, 0.25) is 0 Å². The van der Waals surface area contributed by atoms with Crippen LogP contribution in [-0.2, 0) is 0 Å². The molecule has 2 rings (SSSR count). The maximum absolute atomic E-state index is 14.0. The van der Waals surface area contributed by atoms with E-state index in [0.717, 1.165) is 5.01 Å². The molecule has 0 aliphatic carbocycles. The second-order valence-electron chi connectivity index (χ2n) is 5.24. The van der Waals surface area contributed by atoms with E-state index in [4.69, 9.17) is 4.74 Å². The molecule has 0 saturated carbocycles. The number of rotatable bonds is 6. The number of nitrogens with zero attached hydrogens (tertiary/aromatic N) is 1. The predicted molar refractivity (Wildman–Crippen MR) is 89.5 cm³/mol. The minimum absolute atomic E-state index is 0.0416. The van der Waals surface area contributed by atoms with Gasteiger partial charge in [0.1, 0.15) is 16.6 Å². The summed E-state index contributed by atoms with van der Waals surface area (Å²) in [4.78, 5) is 16.2. The standard InChI is InChI=1S/C16H20FN3O2S/c1-4-13(15-18-7-8-23-15)19-16(21)20-14-6-5-11(9-12(14)17)22-10(2)3/h5-10,13H,4H2,1-3H3,(H2,19,20,21)/t13-/m1/s1. The highest BCUT2D eigenvalue weighted by atomic mass is 32.1. The summed E-state index contributed by atoms with van der Waals surface area (Å²) in [6.07, 6.45) is 2.35. The van der Waals surface area contributed by atoms with Gasteiger partial charge in [-0.15, -0.1) is 11.3 Å². The Hall–Kier alpha value is -2.15. The zero-order valence-corrected chi connectivity index (χ0v) is 14.1. The maximum Gasteiger partial charge on any atom is 0.319 e. The quantitative estimate of drug-likeness (QED) is 0.824. The van der Waals surface area contributed by atoms with Crippen LogP contribution in [0.25, 0.3) is 0 Å². The van der Waals surface area contributed by atoms with Crippen LogP contribution >= 0.6 is 11.3 Å². The van der Waals surface area contributed by atoms with Gasteiger partial charge in [0.15, 0.2) is 0 Å². The molecular weight excluding hydrogens is 317 g/mol. The number of halogens is 1. The molecule has 0 aliphatic rings. The number of urea groups is 1. The van der Waals surface area contributed by atoms with Gasteiger partial charge in [-0.1, -0.05) is 6.92 Å². The van der Waals surface area contributed by atoms with E-state index < -0.39 is 11.8 Å². The minimum Gasteiger partial charge on any atom is -0.491 e. The number of hydrogen-bond acceptors (Lipinski definition) is 4. The molecule has 5 nitrogen and oxygen atoms in total. The molecule has 2 amide bonds. The molecule has 0 saturated heterocycles. The molecule has 1 aromatic carbocycles. The summed E-state index contributed by atoms with van der Waals surface area (Å²) >= 11 is 1.47. The van der Waals surface area contributed by atoms with Crippen molar-refractivity contribution in [2.45, 2.75) is 39.3 Å². The van der Waals surface area contributed by atoms with Crippen molar-refractivity contribution in [1.82, 2.24) is 10.3 Å². The molecule has 124 valence electrons. The maximum atomic E-state index is 14.0. The summed E-state index contributed by atoms with van der Waals surface area (Å²) in [7, 11) is 0. The topological polar surface area (TPSA) is 63.2 Å². The molecule has 2 N–H and O–H groups in total. The number of hydrogen-bond donors (Lipinski definition) is 2.